The lowest BCUT2D eigenvalue weighted by molar-refractivity contribution is 1.18. The summed E-state index contributed by atoms with van der Waals surface area (Å²) in [7, 11) is 0. The van der Waals surface area contributed by atoms with Crippen LogP contribution in [0.5, 0.6) is 0 Å². The molecule has 7 aromatic carbocycles. The van der Waals surface area contributed by atoms with E-state index in [4.69, 9.17) is 4.98 Å². The minimum Gasteiger partial charge on any atom is -0.310 e. The van der Waals surface area contributed by atoms with Crippen molar-refractivity contribution in [2.24, 2.45) is 0 Å². The lowest BCUT2D eigenvalue weighted by Gasteiger charge is -2.26. The fourth-order valence-corrected chi connectivity index (χ4v) is 8.46. The maximum atomic E-state index is 4.89. The third kappa shape index (κ3) is 5.08. The molecule has 0 spiro atoms. The van der Waals surface area contributed by atoms with E-state index in [2.05, 4.69) is 191 Å². The molecule has 0 fully saturated rings. The number of aromatic nitrogens is 2. The first-order valence-electron chi connectivity index (χ1n) is 17.2. The third-order valence-electron chi connectivity index (χ3n) is 9.85. The molecule has 240 valence electrons. The summed E-state index contributed by atoms with van der Waals surface area (Å²) in [4.78, 5) is 7.24. The van der Waals surface area contributed by atoms with E-state index in [1.54, 1.807) is 11.3 Å². The van der Waals surface area contributed by atoms with Gasteiger partial charge in [0.1, 0.15) is 0 Å². The Morgan fingerprint density at radius 3 is 1.76 bits per heavy atom. The molecule has 0 atom stereocenters. The van der Waals surface area contributed by atoms with Crippen LogP contribution in [0.25, 0.3) is 70.0 Å². The normalized spacial score (nSPS) is 11.5. The van der Waals surface area contributed by atoms with Crippen LogP contribution in [0.1, 0.15) is 0 Å². The van der Waals surface area contributed by atoms with Gasteiger partial charge in [-0.05, 0) is 83.9 Å². The molecule has 0 aliphatic carbocycles. The van der Waals surface area contributed by atoms with Gasteiger partial charge in [0.25, 0.3) is 0 Å². The predicted octanol–water partition coefficient (Wildman–Crippen LogP) is 13.4. The number of rotatable bonds is 6. The van der Waals surface area contributed by atoms with Crippen LogP contribution in [0, 0.1) is 0 Å². The number of thiophene rings is 1. The van der Waals surface area contributed by atoms with E-state index in [9.17, 15) is 0 Å². The molecule has 0 amide bonds. The van der Waals surface area contributed by atoms with Gasteiger partial charge in [0.15, 0.2) is 0 Å². The van der Waals surface area contributed by atoms with Crippen molar-refractivity contribution in [1.82, 2.24) is 9.55 Å². The molecule has 3 nitrogen and oxygen atoms in total. The highest BCUT2D eigenvalue weighted by Gasteiger charge is 2.18. The molecule has 0 aliphatic rings. The highest BCUT2D eigenvalue weighted by molar-refractivity contribution is 7.25. The van der Waals surface area contributed by atoms with Crippen molar-refractivity contribution in [3.8, 4) is 28.1 Å². The molecule has 3 heterocycles. The van der Waals surface area contributed by atoms with Gasteiger partial charge in [-0.1, -0.05) is 109 Å². The van der Waals surface area contributed by atoms with Crippen molar-refractivity contribution in [1.29, 1.82) is 0 Å². The predicted molar refractivity (Wildman–Crippen MR) is 217 cm³/mol. The zero-order valence-corrected chi connectivity index (χ0v) is 28.5. The van der Waals surface area contributed by atoms with Crippen molar-refractivity contribution >= 4 is 70.4 Å². The molecule has 0 bridgehead atoms. The number of hydrogen-bond donors (Lipinski definition) is 0. The van der Waals surface area contributed by atoms with Gasteiger partial charge in [-0.2, -0.15) is 0 Å². The minimum atomic E-state index is 0.978. The number of fused-ring (bicyclic) bond motifs is 6. The summed E-state index contributed by atoms with van der Waals surface area (Å²) in [5, 5.41) is 4.99. The fourth-order valence-electron chi connectivity index (χ4n) is 7.41. The summed E-state index contributed by atoms with van der Waals surface area (Å²) < 4.78 is 4.87. The molecule has 0 unspecified atom stereocenters. The quantitative estimate of drug-likeness (QED) is 0.176. The molecule has 0 saturated heterocycles. The maximum absolute atomic E-state index is 4.89. The maximum Gasteiger partial charge on any atom is 0.0709 e. The van der Waals surface area contributed by atoms with Crippen LogP contribution in [0.4, 0.5) is 17.1 Å². The monoisotopic (exact) mass is 669 g/mol. The largest absolute Gasteiger partial charge is 0.310 e. The molecular weight excluding hydrogens is 639 g/mol. The van der Waals surface area contributed by atoms with Gasteiger partial charge in [-0.3, -0.25) is 4.98 Å². The van der Waals surface area contributed by atoms with Crippen LogP contribution in [-0.2, 0) is 0 Å². The minimum absolute atomic E-state index is 0.978. The number of para-hydroxylation sites is 2. The summed E-state index contributed by atoms with van der Waals surface area (Å²) in [5.41, 5.74) is 11.3. The van der Waals surface area contributed by atoms with Gasteiger partial charge < -0.3 is 9.47 Å². The van der Waals surface area contributed by atoms with Crippen LogP contribution in [0.15, 0.2) is 188 Å². The summed E-state index contributed by atoms with van der Waals surface area (Å²) in [6.45, 7) is 0. The molecule has 51 heavy (non-hydrogen) atoms. The zero-order valence-electron chi connectivity index (χ0n) is 27.6. The lowest BCUT2D eigenvalue weighted by Crippen LogP contribution is -2.10. The first kappa shape index (κ1) is 29.4. The summed E-state index contributed by atoms with van der Waals surface area (Å²) >= 11 is 1.80. The lowest BCUT2D eigenvalue weighted by atomic mass is 10.0. The van der Waals surface area contributed by atoms with E-state index in [-0.39, 0.29) is 0 Å². The summed E-state index contributed by atoms with van der Waals surface area (Å²) in [5.74, 6) is 0. The molecule has 10 rings (SSSR count). The van der Waals surface area contributed by atoms with E-state index < -0.39 is 0 Å². The van der Waals surface area contributed by atoms with Crippen LogP contribution in [0.2, 0.25) is 0 Å². The Morgan fingerprint density at radius 1 is 0.412 bits per heavy atom. The van der Waals surface area contributed by atoms with Crippen LogP contribution in [-0.4, -0.2) is 9.55 Å². The van der Waals surface area contributed by atoms with E-state index >= 15 is 0 Å². The first-order valence-corrected chi connectivity index (χ1v) is 18.0. The van der Waals surface area contributed by atoms with Crippen molar-refractivity contribution < 1.29 is 0 Å². The Hall–Kier alpha value is -6.49. The molecule has 10 aromatic rings. The number of benzene rings is 7. The second-order valence-electron chi connectivity index (χ2n) is 12.8. The summed E-state index contributed by atoms with van der Waals surface area (Å²) in [6.07, 6.45) is 2.02. The average Bonchev–Trinajstić information content (AvgIpc) is 3.74. The van der Waals surface area contributed by atoms with Crippen molar-refractivity contribution in [3.63, 3.8) is 0 Å². The molecular formula is C47H31N3S. The fraction of sp³-hybridized carbons (Fsp3) is 0. The van der Waals surface area contributed by atoms with E-state index in [0.717, 1.165) is 34.0 Å². The Bertz CT molecular complexity index is 2830. The Morgan fingerprint density at radius 2 is 1.00 bits per heavy atom. The van der Waals surface area contributed by atoms with Crippen molar-refractivity contribution in [2.75, 3.05) is 4.90 Å². The second-order valence-corrected chi connectivity index (χ2v) is 13.9. The zero-order chi connectivity index (χ0) is 33.7. The Labute approximate surface area is 299 Å². The molecule has 0 aliphatic heterocycles. The first-order chi connectivity index (χ1) is 25.3. The van der Waals surface area contributed by atoms with Gasteiger partial charge in [-0.15, -0.1) is 11.3 Å². The number of hydrogen-bond acceptors (Lipinski definition) is 3. The highest BCUT2D eigenvalue weighted by Crippen LogP contribution is 2.41. The van der Waals surface area contributed by atoms with E-state index in [0.29, 0.717) is 0 Å². The molecule has 3 aromatic heterocycles. The Balaban J connectivity index is 1.11. The third-order valence-corrected chi connectivity index (χ3v) is 11.0. The summed E-state index contributed by atoms with van der Waals surface area (Å²) in [6, 6.07) is 65.3. The molecule has 0 radical (unpaired) electrons. The van der Waals surface area contributed by atoms with Gasteiger partial charge in [-0.25, -0.2) is 0 Å². The molecule has 4 heteroatoms. The van der Waals surface area contributed by atoms with Crippen LogP contribution >= 0.6 is 11.3 Å². The second kappa shape index (κ2) is 12.1. The van der Waals surface area contributed by atoms with Crippen molar-refractivity contribution in [3.05, 3.63) is 188 Å². The SMILES string of the molecule is c1ccc(-c2ccc(N(c3ccc(-c4cc5c(cn4)sc4ccccc45)cc3)c3ccc4c(c3)c3ccccc3n4-c3ccccc3)cc2)cc1. The topological polar surface area (TPSA) is 21.1 Å². The van der Waals surface area contributed by atoms with E-state index in [1.165, 1.54) is 53.1 Å². The van der Waals surface area contributed by atoms with Gasteiger partial charge in [0.2, 0.25) is 0 Å². The number of pyridine rings is 1. The number of nitrogens with zero attached hydrogens (tertiary/aromatic N) is 3. The van der Waals surface area contributed by atoms with E-state index in [1.807, 2.05) is 6.20 Å². The smallest absolute Gasteiger partial charge is 0.0709 e. The van der Waals surface area contributed by atoms with Crippen molar-refractivity contribution in [2.45, 2.75) is 0 Å². The highest BCUT2D eigenvalue weighted by atomic mass is 32.1. The van der Waals surface area contributed by atoms with Gasteiger partial charge >= 0.3 is 0 Å². The van der Waals surface area contributed by atoms with Crippen LogP contribution < -0.4 is 4.90 Å². The van der Waals surface area contributed by atoms with Gasteiger partial charge in [0.05, 0.1) is 21.4 Å². The number of anilines is 3. The Kier molecular flexibility index (Phi) is 7.00. The molecule has 0 saturated carbocycles. The standard InChI is InChI=1S/C47H31N3S/c1-3-11-32(12-4-1)33-19-23-36(24-20-33)49(37-25-21-34(22-26-37)43-30-42-40-16-8-10-18-46(40)51-47(42)31-48-43)38-27-28-45-41(29-38)39-15-7-9-17-44(39)50(45)35-13-5-2-6-14-35/h1-31H. The van der Waals surface area contributed by atoms with Crippen LogP contribution in [0.3, 0.4) is 0 Å². The molecule has 0 N–H and O–H groups in total. The van der Waals surface area contributed by atoms with Gasteiger partial charge in [0, 0.05) is 60.8 Å². The average molecular weight is 670 g/mol.